The lowest BCUT2D eigenvalue weighted by atomic mass is 9.72. The lowest BCUT2D eigenvalue weighted by molar-refractivity contribution is -0.128. The van der Waals surface area contributed by atoms with E-state index in [1.165, 1.54) is 0 Å². The molecule has 2 amide bonds. The van der Waals surface area contributed by atoms with Gasteiger partial charge in [-0.15, -0.1) is 0 Å². The highest BCUT2D eigenvalue weighted by Gasteiger charge is 2.56. The first-order valence-corrected chi connectivity index (χ1v) is 12.4. The van der Waals surface area contributed by atoms with Gasteiger partial charge in [0.1, 0.15) is 11.9 Å². The summed E-state index contributed by atoms with van der Waals surface area (Å²) in [6.07, 6.45) is 1.58. The van der Waals surface area contributed by atoms with Crippen molar-refractivity contribution in [3.63, 3.8) is 0 Å². The summed E-state index contributed by atoms with van der Waals surface area (Å²) in [6.45, 7) is 4.70. The minimum atomic E-state index is -1.22. The number of amides is 2. The van der Waals surface area contributed by atoms with Gasteiger partial charge in [0, 0.05) is 23.6 Å². The monoisotopic (exact) mass is 482 g/mol. The molecule has 0 saturated heterocycles. The number of hydrogen-bond acceptors (Lipinski definition) is 5. The molecule has 3 unspecified atom stereocenters. The summed E-state index contributed by atoms with van der Waals surface area (Å²) in [5.74, 6) is 0.00363. The highest BCUT2D eigenvalue weighted by Crippen LogP contribution is 2.52. The van der Waals surface area contributed by atoms with Gasteiger partial charge in [0.25, 0.3) is 11.8 Å². The summed E-state index contributed by atoms with van der Waals surface area (Å²) < 4.78 is 6.45. The molecule has 2 heterocycles. The zero-order valence-electron chi connectivity index (χ0n) is 20.5. The maximum atomic E-state index is 13.4. The number of unbranched alkanes of at least 4 members (excludes halogenated alkanes) is 1. The van der Waals surface area contributed by atoms with Crippen LogP contribution in [0.1, 0.15) is 54.3 Å². The summed E-state index contributed by atoms with van der Waals surface area (Å²) >= 11 is 0. The molecule has 2 aliphatic rings. The van der Waals surface area contributed by atoms with Gasteiger partial charge in [-0.05, 0) is 47.4 Å². The standard InChI is InChI=1S/C29H30N4O3/c1-3-4-15-31-26(34)22-12-8-11-20(16-22)21-13-14-24-23(17-21)29(27(35)32-28(30)33-29)18(2)25(36-24)19-9-6-5-7-10-19/h5-14,16-18,25H,3-4,15H2,1-2H3,(H,31,34)(H3,30,32,33,35). The summed E-state index contributed by atoms with van der Waals surface area (Å²) in [4.78, 5) is 30.7. The highest BCUT2D eigenvalue weighted by atomic mass is 16.5. The summed E-state index contributed by atoms with van der Waals surface area (Å²) in [5, 5.41) is 5.67. The molecule has 3 aromatic rings. The van der Waals surface area contributed by atoms with Crippen molar-refractivity contribution in [2.75, 3.05) is 6.54 Å². The van der Waals surface area contributed by atoms with E-state index in [0.29, 0.717) is 23.4 Å². The lowest BCUT2D eigenvalue weighted by Crippen LogP contribution is -2.48. The molecule has 3 aromatic carbocycles. The molecular formula is C29H30N4O3. The molecule has 36 heavy (non-hydrogen) atoms. The maximum Gasteiger partial charge on any atom is 0.259 e. The van der Waals surface area contributed by atoms with Crippen molar-refractivity contribution < 1.29 is 14.3 Å². The maximum absolute atomic E-state index is 13.4. The van der Waals surface area contributed by atoms with Gasteiger partial charge in [0.05, 0.1) is 0 Å². The molecule has 2 aliphatic heterocycles. The van der Waals surface area contributed by atoms with Crippen molar-refractivity contribution in [3.8, 4) is 16.9 Å². The average molecular weight is 483 g/mol. The largest absolute Gasteiger partial charge is 0.485 e. The Bertz CT molecular complexity index is 1340. The Kier molecular flexibility index (Phi) is 6.22. The Labute approximate surface area is 210 Å². The Hall–Kier alpha value is -4.13. The van der Waals surface area contributed by atoms with Crippen LogP contribution in [0.25, 0.3) is 11.1 Å². The fraction of sp³-hybridized carbons (Fsp3) is 0.276. The third-order valence-corrected chi connectivity index (χ3v) is 7.04. The van der Waals surface area contributed by atoms with Crippen molar-refractivity contribution >= 4 is 17.8 Å². The fourth-order valence-electron chi connectivity index (χ4n) is 5.11. The molecule has 0 saturated carbocycles. The molecule has 184 valence electrons. The average Bonchev–Trinajstić information content (AvgIpc) is 3.20. The molecular weight excluding hydrogens is 452 g/mol. The second-order valence-electron chi connectivity index (χ2n) is 9.36. The molecule has 4 N–H and O–H groups in total. The second-order valence-corrected chi connectivity index (χ2v) is 9.36. The van der Waals surface area contributed by atoms with Crippen molar-refractivity contribution in [1.82, 2.24) is 10.6 Å². The van der Waals surface area contributed by atoms with E-state index < -0.39 is 5.54 Å². The SMILES string of the molecule is CCCCNC(=O)c1cccc(-c2ccc3c(c2)C2(N=C(N)NC2=O)C(C)C(c2ccccc2)O3)c1. The number of ether oxygens (including phenoxy) is 1. The van der Waals surface area contributed by atoms with Gasteiger partial charge in [-0.2, -0.15) is 0 Å². The van der Waals surface area contributed by atoms with Crippen LogP contribution < -0.4 is 21.1 Å². The molecule has 5 rings (SSSR count). The van der Waals surface area contributed by atoms with Crippen LogP contribution in [-0.4, -0.2) is 24.3 Å². The first-order valence-electron chi connectivity index (χ1n) is 12.4. The number of carbonyl (C=O) groups is 2. The number of nitrogens with two attached hydrogens (primary N) is 1. The van der Waals surface area contributed by atoms with Gasteiger partial charge in [0.2, 0.25) is 0 Å². The van der Waals surface area contributed by atoms with Crippen molar-refractivity contribution in [2.24, 2.45) is 16.6 Å². The van der Waals surface area contributed by atoms with E-state index in [4.69, 9.17) is 10.5 Å². The number of fused-ring (bicyclic) bond motifs is 2. The Morgan fingerprint density at radius 2 is 1.86 bits per heavy atom. The number of nitrogens with one attached hydrogen (secondary N) is 2. The van der Waals surface area contributed by atoms with Crippen LogP contribution in [0.15, 0.2) is 77.8 Å². The molecule has 0 fully saturated rings. The van der Waals surface area contributed by atoms with Crippen molar-refractivity contribution in [3.05, 3.63) is 89.5 Å². The van der Waals surface area contributed by atoms with Crippen LogP contribution in [0.5, 0.6) is 5.75 Å². The Morgan fingerprint density at radius 1 is 1.08 bits per heavy atom. The number of rotatable bonds is 6. The van der Waals surface area contributed by atoms with Crippen molar-refractivity contribution in [1.29, 1.82) is 0 Å². The summed E-state index contributed by atoms with van der Waals surface area (Å²) in [6, 6.07) is 23.1. The van der Waals surface area contributed by atoms with Gasteiger partial charge >= 0.3 is 0 Å². The number of guanidine groups is 1. The van der Waals surface area contributed by atoms with Crippen LogP contribution in [0, 0.1) is 5.92 Å². The van der Waals surface area contributed by atoms with Gasteiger partial charge in [-0.25, -0.2) is 4.99 Å². The predicted octanol–water partition coefficient (Wildman–Crippen LogP) is 4.29. The number of hydrogen-bond donors (Lipinski definition) is 3. The molecule has 0 radical (unpaired) electrons. The predicted molar refractivity (Wildman–Crippen MR) is 140 cm³/mol. The van der Waals surface area contributed by atoms with E-state index in [1.807, 2.05) is 73.7 Å². The van der Waals surface area contributed by atoms with E-state index >= 15 is 0 Å². The summed E-state index contributed by atoms with van der Waals surface area (Å²) in [7, 11) is 0. The van der Waals surface area contributed by atoms with Gasteiger partial charge < -0.3 is 15.8 Å². The first kappa shape index (κ1) is 23.6. The highest BCUT2D eigenvalue weighted by molar-refractivity contribution is 6.08. The van der Waals surface area contributed by atoms with Gasteiger partial charge in [-0.1, -0.05) is 68.8 Å². The Morgan fingerprint density at radius 3 is 2.58 bits per heavy atom. The van der Waals surface area contributed by atoms with Crippen LogP contribution in [0.2, 0.25) is 0 Å². The van der Waals surface area contributed by atoms with Crippen LogP contribution >= 0.6 is 0 Å². The van der Waals surface area contributed by atoms with E-state index in [1.54, 1.807) is 6.07 Å². The normalized spacial score (nSPS) is 22.4. The van der Waals surface area contributed by atoms with Gasteiger partial charge in [-0.3, -0.25) is 14.9 Å². The molecule has 1 spiro atoms. The Balaban J connectivity index is 1.57. The third-order valence-electron chi connectivity index (χ3n) is 7.04. The topological polar surface area (TPSA) is 106 Å². The van der Waals surface area contributed by atoms with E-state index in [2.05, 4.69) is 22.5 Å². The lowest BCUT2D eigenvalue weighted by Gasteiger charge is -2.42. The van der Waals surface area contributed by atoms with E-state index in [9.17, 15) is 9.59 Å². The van der Waals surface area contributed by atoms with Crippen LogP contribution in [0.3, 0.4) is 0 Å². The fourth-order valence-corrected chi connectivity index (χ4v) is 5.11. The smallest absolute Gasteiger partial charge is 0.259 e. The van der Waals surface area contributed by atoms with E-state index in [0.717, 1.165) is 29.5 Å². The molecule has 0 bridgehead atoms. The van der Waals surface area contributed by atoms with Crippen molar-refractivity contribution in [2.45, 2.75) is 38.3 Å². The molecule has 7 heteroatoms. The number of benzene rings is 3. The zero-order valence-corrected chi connectivity index (χ0v) is 20.5. The number of carbonyl (C=O) groups excluding carboxylic acids is 2. The number of nitrogens with zero attached hydrogens (tertiary/aromatic N) is 1. The molecule has 7 nitrogen and oxygen atoms in total. The minimum Gasteiger partial charge on any atom is -0.485 e. The van der Waals surface area contributed by atoms with Crippen LogP contribution in [-0.2, 0) is 10.3 Å². The minimum absolute atomic E-state index is 0.0997. The zero-order chi connectivity index (χ0) is 25.3. The molecule has 0 aliphatic carbocycles. The first-order chi connectivity index (χ1) is 17.4. The third kappa shape index (κ3) is 4.00. The number of aliphatic imine (C=N–C) groups is 1. The molecule has 3 atom stereocenters. The molecule has 0 aromatic heterocycles. The van der Waals surface area contributed by atoms with E-state index in [-0.39, 0.29) is 29.8 Å². The quantitative estimate of drug-likeness (QED) is 0.456. The van der Waals surface area contributed by atoms with Crippen LogP contribution in [0.4, 0.5) is 0 Å². The second kappa shape index (κ2) is 9.49. The summed E-state index contributed by atoms with van der Waals surface area (Å²) in [5.41, 5.74) is 8.74. The van der Waals surface area contributed by atoms with Gasteiger partial charge in [0.15, 0.2) is 11.5 Å².